The van der Waals surface area contributed by atoms with E-state index in [1.54, 1.807) is 30.3 Å². The molecule has 138 valence electrons. The molecule has 0 spiro atoms. The molecule has 2 aromatic rings. The number of rotatable bonds is 7. The molecule has 0 radical (unpaired) electrons. The van der Waals surface area contributed by atoms with E-state index in [1.807, 2.05) is 0 Å². The minimum Gasteiger partial charge on any atom is -0.452 e. The first kappa shape index (κ1) is 19.7. The summed E-state index contributed by atoms with van der Waals surface area (Å²) in [5.74, 6) is -1.46. The highest BCUT2D eigenvalue weighted by Crippen LogP contribution is 2.25. The van der Waals surface area contributed by atoms with Crippen LogP contribution in [0.25, 0.3) is 0 Å². The Kier molecular flexibility index (Phi) is 6.91. The van der Waals surface area contributed by atoms with Crippen LogP contribution in [0.3, 0.4) is 0 Å². The Labute approximate surface area is 153 Å². The standard InChI is InChI=1S/C18H16ClF2NO4/c1-11(25-16(23)10-12-6-8-13(19)9-7-12)17(24)22-14-4-2-3-5-15(14)26-18(20)21/h2-9,11,18H,10H2,1H3,(H,22,24). The molecule has 0 saturated carbocycles. The van der Waals surface area contributed by atoms with E-state index in [1.165, 1.54) is 25.1 Å². The van der Waals surface area contributed by atoms with Crippen molar-refractivity contribution in [1.29, 1.82) is 0 Å². The van der Waals surface area contributed by atoms with Gasteiger partial charge in [-0.05, 0) is 36.8 Å². The van der Waals surface area contributed by atoms with Crippen molar-refractivity contribution >= 4 is 29.2 Å². The highest BCUT2D eigenvalue weighted by molar-refractivity contribution is 6.30. The SMILES string of the molecule is CC(OC(=O)Cc1ccc(Cl)cc1)C(=O)Nc1ccccc1OC(F)F. The van der Waals surface area contributed by atoms with Crippen LogP contribution < -0.4 is 10.1 Å². The lowest BCUT2D eigenvalue weighted by Crippen LogP contribution is -2.30. The van der Waals surface area contributed by atoms with E-state index >= 15 is 0 Å². The summed E-state index contributed by atoms with van der Waals surface area (Å²) in [6, 6.07) is 12.4. The normalized spacial score (nSPS) is 11.7. The zero-order valence-corrected chi connectivity index (χ0v) is 14.5. The number of anilines is 1. The number of carbonyl (C=O) groups excluding carboxylic acids is 2. The van der Waals surface area contributed by atoms with Gasteiger partial charge in [-0.2, -0.15) is 8.78 Å². The highest BCUT2D eigenvalue weighted by atomic mass is 35.5. The minimum atomic E-state index is -3.03. The number of halogens is 3. The predicted octanol–water partition coefficient (Wildman–Crippen LogP) is 4.05. The summed E-state index contributed by atoms with van der Waals surface area (Å²) in [5.41, 5.74) is 0.737. The second kappa shape index (κ2) is 9.15. The number of amides is 1. The maximum absolute atomic E-state index is 12.4. The van der Waals surface area contributed by atoms with E-state index in [9.17, 15) is 18.4 Å². The summed E-state index contributed by atoms with van der Waals surface area (Å²) < 4.78 is 34.2. The van der Waals surface area contributed by atoms with Gasteiger partial charge in [-0.3, -0.25) is 9.59 Å². The monoisotopic (exact) mass is 383 g/mol. The largest absolute Gasteiger partial charge is 0.452 e. The average molecular weight is 384 g/mol. The second-order valence-corrected chi connectivity index (χ2v) is 5.74. The molecule has 26 heavy (non-hydrogen) atoms. The van der Waals surface area contributed by atoms with Crippen LogP contribution in [0.2, 0.25) is 5.02 Å². The molecule has 0 aliphatic rings. The summed E-state index contributed by atoms with van der Waals surface area (Å²) in [6.45, 7) is -1.64. The summed E-state index contributed by atoms with van der Waals surface area (Å²) in [4.78, 5) is 24.1. The Morgan fingerprint density at radius 3 is 2.42 bits per heavy atom. The number of hydrogen-bond donors (Lipinski definition) is 1. The third-order valence-electron chi connectivity index (χ3n) is 3.30. The van der Waals surface area contributed by atoms with Crippen LogP contribution in [0, 0.1) is 0 Å². The first-order chi connectivity index (χ1) is 12.3. The minimum absolute atomic E-state index is 0.0279. The lowest BCUT2D eigenvalue weighted by Gasteiger charge is -2.15. The fourth-order valence-corrected chi connectivity index (χ4v) is 2.19. The molecular weight excluding hydrogens is 368 g/mol. The van der Waals surface area contributed by atoms with Crippen LogP contribution >= 0.6 is 11.6 Å². The number of nitrogens with one attached hydrogen (secondary N) is 1. The van der Waals surface area contributed by atoms with E-state index in [0.29, 0.717) is 10.6 Å². The van der Waals surface area contributed by atoms with Gasteiger partial charge in [-0.1, -0.05) is 35.9 Å². The Morgan fingerprint density at radius 1 is 1.12 bits per heavy atom. The number of ether oxygens (including phenoxy) is 2. The Hall–Kier alpha value is -2.67. The zero-order valence-electron chi connectivity index (χ0n) is 13.7. The maximum atomic E-state index is 12.4. The fraction of sp³-hybridized carbons (Fsp3) is 0.222. The van der Waals surface area contributed by atoms with Crippen molar-refractivity contribution in [2.45, 2.75) is 26.1 Å². The molecular formula is C18H16ClF2NO4. The molecule has 1 N–H and O–H groups in total. The molecule has 1 atom stereocenters. The van der Waals surface area contributed by atoms with E-state index in [0.717, 1.165) is 0 Å². The van der Waals surface area contributed by atoms with Crippen LogP contribution in [0.15, 0.2) is 48.5 Å². The molecule has 8 heteroatoms. The zero-order chi connectivity index (χ0) is 19.1. The maximum Gasteiger partial charge on any atom is 0.387 e. The molecule has 1 amide bonds. The molecule has 0 saturated heterocycles. The van der Waals surface area contributed by atoms with Crippen molar-refractivity contribution in [2.24, 2.45) is 0 Å². The van der Waals surface area contributed by atoms with Crippen molar-refractivity contribution in [3.63, 3.8) is 0 Å². The van der Waals surface area contributed by atoms with Crippen LogP contribution in [0.5, 0.6) is 5.75 Å². The molecule has 0 aliphatic carbocycles. The van der Waals surface area contributed by atoms with Gasteiger partial charge in [0.1, 0.15) is 5.75 Å². The quantitative estimate of drug-likeness (QED) is 0.732. The van der Waals surface area contributed by atoms with Gasteiger partial charge in [0, 0.05) is 5.02 Å². The molecule has 0 aromatic heterocycles. The summed E-state index contributed by atoms with van der Waals surface area (Å²) >= 11 is 5.77. The van der Waals surface area contributed by atoms with Crippen molar-refractivity contribution in [1.82, 2.24) is 0 Å². The number of alkyl halides is 2. The topological polar surface area (TPSA) is 64.6 Å². The van der Waals surface area contributed by atoms with Gasteiger partial charge < -0.3 is 14.8 Å². The summed E-state index contributed by atoms with van der Waals surface area (Å²) in [6.07, 6.45) is -1.14. The smallest absolute Gasteiger partial charge is 0.387 e. The highest BCUT2D eigenvalue weighted by Gasteiger charge is 2.20. The Bertz CT molecular complexity index is 768. The Morgan fingerprint density at radius 2 is 1.77 bits per heavy atom. The van der Waals surface area contributed by atoms with Crippen molar-refractivity contribution in [3.05, 3.63) is 59.1 Å². The molecule has 5 nitrogen and oxygen atoms in total. The van der Waals surface area contributed by atoms with Crippen molar-refractivity contribution in [3.8, 4) is 5.75 Å². The lowest BCUT2D eigenvalue weighted by atomic mass is 10.1. The average Bonchev–Trinajstić information content (AvgIpc) is 2.58. The summed E-state index contributed by atoms with van der Waals surface area (Å²) in [5, 5.41) is 2.94. The molecule has 0 aliphatic heterocycles. The number of esters is 1. The predicted molar refractivity (Wildman–Crippen MR) is 92.4 cm³/mol. The first-order valence-corrected chi connectivity index (χ1v) is 8.01. The molecule has 0 heterocycles. The van der Waals surface area contributed by atoms with E-state index in [-0.39, 0.29) is 17.9 Å². The van der Waals surface area contributed by atoms with Gasteiger partial charge in [-0.15, -0.1) is 0 Å². The number of para-hydroxylation sites is 2. The molecule has 0 bridgehead atoms. The number of hydrogen-bond acceptors (Lipinski definition) is 4. The molecule has 2 rings (SSSR count). The van der Waals surface area contributed by atoms with Gasteiger partial charge in [-0.25, -0.2) is 0 Å². The third kappa shape index (κ3) is 6.00. The van der Waals surface area contributed by atoms with Crippen LogP contribution in [-0.2, 0) is 20.7 Å². The molecule has 1 unspecified atom stereocenters. The third-order valence-corrected chi connectivity index (χ3v) is 3.55. The summed E-state index contributed by atoms with van der Waals surface area (Å²) in [7, 11) is 0. The Balaban J connectivity index is 1.93. The van der Waals surface area contributed by atoms with Crippen LogP contribution in [-0.4, -0.2) is 24.6 Å². The van der Waals surface area contributed by atoms with Gasteiger partial charge in [0.25, 0.3) is 5.91 Å². The van der Waals surface area contributed by atoms with E-state index < -0.39 is 24.6 Å². The van der Waals surface area contributed by atoms with Crippen molar-refractivity contribution in [2.75, 3.05) is 5.32 Å². The van der Waals surface area contributed by atoms with Crippen LogP contribution in [0.1, 0.15) is 12.5 Å². The first-order valence-electron chi connectivity index (χ1n) is 7.64. The van der Waals surface area contributed by atoms with Gasteiger partial charge in [0.05, 0.1) is 12.1 Å². The molecule has 0 fully saturated rings. The van der Waals surface area contributed by atoms with Gasteiger partial charge in [0.2, 0.25) is 0 Å². The van der Waals surface area contributed by atoms with Gasteiger partial charge >= 0.3 is 12.6 Å². The number of benzene rings is 2. The van der Waals surface area contributed by atoms with Gasteiger partial charge in [0.15, 0.2) is 6.10 Å². The van der Waals surface area contributed by atoms with Crippen LogP contribution in [0.4, 0.5) is 14.5 Å². The number of carbonyl (C=O) groups is 2. The lowest BCUT2D eigenvalue weighted by molar-refractivity contribution is -0.152. The van der Waals surface area contributed by atoms with E-state index in [4.69, 9.17) is 16.3 Å². The molecule has 2 aromatic carbocycles. The second-order valence-electron chi connectivity index (χ2n) is 5.30. The fourth-order valence-electron chi connectivity index (χ4n) is 2.06. The van der Waals surface area contributed by atoms with Crippen molar-refractivity contribution < 1.29 is 27.8 Å². The van der Waals surface area contributed by atoms with E-state index in [2.05, 4.69) is 10.1 Å².